The maximum atomic E-state index is 10.3. The highest BCUT2D eigenvalue weighted by Gasteiger charge is 2.34. The Hall–Kier alpha value is -0.850. The van der Waals surface area contributed by atoms with Crippen molar-refractivity contribution in [3.05, 3.63) is 0 Å². The Morgan fingerprint density at radius 3 is 2.74 bits per heavy atom. The molecular formula is C17H32N4O2. The summed E-state index contributed by atoms with van der Waals surface area (Å²) in [4.78, 5) is 9.62. The molecular weight excluding hydrogens is 292 g/mol. The predicted octanol–water partition coefficient (Wildman–Crippen LogP) is 0.521. The normalized spacial score (nSPS) is 28.7. The third kappa shape index (κ3) is 4.58. The van der Waals surface area contributed by atoms with Gasteiger partial charge < -0.3 is 20.1 Å². The van der Waals surface area contributed by atoms with Crippen molar-refractivity contribution < 1.29 is 9.84 Å². The average molecular weight is 324 g/mol. The van der Waals surface area contributed by atoms with Crippen LogP contribution >= 0.6 is 0 Å². The van der Waals surface area contributed by atoms with Crippen molar-refractivity contribution in [3.63, 3.8) is 0 Å². The number of likely N-dealkylation sites (tertiary alicyclic amines) is 1. The van der Waals surface area contributed by atoms with Crippen LogP contribution in [0.15, 0.2) is 4.99 Å². The molecule has 132 valence electrons. The standard InChI is InChI=1S/C17H32N4O2/c1-2-18-16(19-14-17(22)5-3-6-17)21-7-4-15(13-21)12-20-8-10-23-11-9-20/h15,22H,2-14H2,1H3,(H,18,19). The van der Waals surface area contributed by atoms with Gasteiger partial charge in [-0.25, -0.2) is 0 Å². The molecule has 23 heavy (non-hydrogen) atoms. The zero-order chi connectivity index (χ0) is 16.1. The lowest BCUT2D eigenvalue weighted by Gasteiger charge is -2.35. The second kappa shape index (κ2) is 7.81. The quantitative estimate of drug-likeness (QED) is 0.570. The van der Waals surface area contributed by atoms with Crippen LogP contribution in [-0.2, 0) is 4.74 Å². The lowest BCUT2D eigenvalue weighted by atomic mass is 9.80. The number of nitrogens with zero attached hydrogens (tertiary/aromatic N) is 3. The highest BCUT2D eigenvalue weighted by Crippen LogP contribution is 2.31. The van der Waals surface area contributed by atoms with Gasteiger partial charge in [0.15, 0.2) is 5.96 Å². The van der Waals surface area contributed by atoms with Crippen LogP contribution in [0.1, 0.15) is 32.6 Å². The van der Waals surface area contributed by atoms with Crippen LogP contribution in [0.25, 0.3) is 0 Å². The summed E-state index contributed by atoms with van der Waals surface area (Å²) in [7, 11) is 0. The van der Waals surface area contributed by atoms with Crippen molar-refractivity contribution in [2.45, 2.75) is 38.2 Å². The van der Waals surface area contributed by atoms with Crippen LogP contribution in [0.3, 0.4) is 0 Å². The molecule has 1 saturated carbocycles. The largest absolute Gasteiger partial charge is 0.388 e. The molecule has 0 spiro atoms. The number of hydrogen-bond acceptors (Lipinski definition) is 4. The molecule has 3 fully saturated rings. The maximum Gasteiger partial charge on any atom is 0.194 e. The number of guanidine groups is 1. The van der Waals surface area contributed by atoms with Gasteiger partial charge >= 0.3 is 0 Å². The number of hydrogen-bond donors (Lipinski definition) is 2. The molecule has 0 bridgehead atoms. The Labute approximate surface area is 139 Å². The van der Waals surface area contributed by atoms with E-state index in [4.69, 9.17) is 9.73 Å². The summed E-state index contributed by atoms with van der Waals surface area (Å²) in [5, 5.41) is 13.7. The van der Waals surface area contributed by atoms with Gasteiger partial charge in [0.25, 0.3) is 0 Å². The smallest absolute Gasteiger partial charge is 0.194 e. The Bertz CT molecular complexity index is 405. The molecule has 0 aromatic rings. The molecule has 2 N–H and O–H groups in total. The van der Waals surface area contributed by atoms with Gasteiger partial charge in [-0.05, 0) is 38.5 Å². The fourth-order valence-corrected chi connectivity index (χ4v) is 3.71. The van der Waals surface area contributed by atoms with Crippen molar-refractivity contribution in [2.24, 2.45) is 10.9 Å². The number of aliphatic hydroxyl groups is 1. The summed E-state index contributed by atoms with van der Waals surface area (Å²) in [6.07, 6.45) is 4.16. The Morgan fingerprint density at radius 2 is 2.09 bits per heavy atom. The Balaban J connectivity index is 1.50. The molecule has 1 unspecified atom stereocenters. The van der Waals surface area contributed by atoms with Crippen LogP contribution in [0, 0.1) is 5.92 Å². The van der Waals surface area contributed by atoms with Gasteiger partial charge in [-0.2, -0.15) is 0 Å². The molecule has 6 nitrogen and oxygen atoms in total. The molecule has 3 aliphatic rings. The van der Waals surface area contributed by atoms with Gasteiger partial charge in [0, 0.05) is 39.3 Å². The predicted molar refractivity (Wildman–Crippen MR) is 91.7 cm³/mol. The van der Waals surface area contributed by atoms with E-state index in [9.17, 15) is 5.11 Å². The minimum absolute atomic E-state index is 0.534. The summed E-state index contributed by atoms with van der Waals surface area (Å²) in [5.74, 6) is 1.70. The second-order valence-electron chi connectivity index (χ2n) is 7.26. The monoisotopic (exact) mass is 324 g/mol. The molecule has 1 aliphatic carbocycles. The lowest BCUT2D eigenvalue weighted by molar-refractivity contribution is -0.0237. The molecule has 0 aromatic carbocycles. The molecule has 1 atom stereocenters. The average Bonchev–Trinajstić information content (AvgIpc) is 2.99. The molecule has 2 aliphatic heterocycles. The highest BCUT2D eigenvalue weighted by molar-refractivity contribution is 5.80. The van der Waals surface area contributed by atoms with Crippen LogP contribution in [0.4, 0.5) is 0 Å². The van der Waals surface area contributed by atoms with Crippen molar-refractivity contribution in [2.75, 3.05) is 59.0 Å². The van der Waals surface area contributed by atoms with Gasteiger partial charge in [-0.15, -0.1) is 0 Å². The van der Waals surface area contributed by atoms with E-state index in [0.717, 1.165) is 71.2 Å². The maximum absolute atomic E-state index is 10.3. The van der Waals surface area contributed by atoms with Gasteiger partial charge in [0.05, 0.1) is 25.4 Å². The number of morpholine rings is 1. The van der Waals surface area contributed by atoms with E-state index in [2.05, 4.69) is 22.0 Å². The topological polar surface area (TPSA) is 60.3 Å². The summed E-state index contributed by atoms with van der Waals surface area (Å²) >= 11 is 0. The number of nitrogens with one attached hydrogen (secondary N) is 1. The van der Waals surface area contributed by atoms with Crippen LogP contribution < -0.4 is 5.32 Å². The van der Waals surface area contributed by atoms with E-state index >= 15 is 0 Å². The van der Waals surface area contributed by atoms with Gasteiger partial charge in [-0.1, -0.05) is 0 Å². The van der Waals surface area contributed by atoms with E-state index in [-0.39, 0.29) is 0 Å². The van der Waals surface area contributed by atoms with E-state index in [0.29, 0.717) is 12.5 Å². The number of ether oxygens (including phenoxy) is 1. The summed E-state index contributed by atoms with van der Waals surface area (Å²) < 4.78 is 5.43. The molecule has 0 radical (unpaired) electrons. The number of aliphatic imine (C=N–C) groups is 1. The second-order valence-corrected chi connectivity index (χ2v) is 7.26. The fraction of sp³-hybridized carbons (Fsp3) is 0.941. The van der Waals surface area contributed by atoms with Crippen LogP contribution in [-0.4, -0.2) is 85.5 Å². The zero-order valence-corrected chi connectivity index (χ0v) is 14.5. The third-order valence-corrected chi connectivity index (χ3v) is 5.35. The van der Waals surface area contributed by atoms with E-state index in [1.54, 1.807) is 0 Å². The summed E-state index contributed by atoms with van der Waals surface area (Å²) in [5.41, 5.74) is -0.534. The van der Waals surface area contributed by atoms with Crippen molar-refractivity contribution in [1.29, 1.82) is 0 Å². The van der Waals surface area contributed by atoms with Crippen molar-refractivity contribution in [1.82, 2.24) is 15.1 Å². The molecule has 2 saturated heterocycles. The van der Waals surface area contributed by atoms with Crippen molar-refractivity contribution >= 4 is 5.96 Å². The SMILES string of the molecule is CCNC(=NCC1(O)CCC1)N1CCC(CN2CCOCC2)C1. The Morgan fingerprint density at radius 1 is 1.30 bits per heavy atom. The van der Waals surface area contributed by atoms with Crippen LogP contribution in [0.2, 0.25) is 0 Å². The minimum atomic E-state index is -0.534. The fourth-order valence-electron chi connectivity index (χ4n) is 3.71. The molecule has 2 heterocycles. The lowest BCUT2D eigenvalue weighted by Crippen LogP contribution is -2.45. The van der Waals surface area contributed by atoms with E-state index in [1.165, 1.54) is 13.0 Å². The Kier molecular flexibility index (Phi) is 5.77. The van der Waals surface area contributed by atoms with Gasteiger partial charge in [-0.3, -0.25) is 9.89 Å². The van der Waals surface area contributed by atoms with Gasteiger partial charge in [0.1, 0.15) is 0 Å². The first kappa shape index (κ1) is 17.0. The zero-order valence-electron chi connectivity index (χ0n) is 14.5. The molecule has 0 aromatic heterocycles. The van der Waals surface area contributed by atoms with Gasteiger partial charge in [0.2, 0.25) is 0 Å². The minimum Gasteiger partial charge on any atom is -0.388 e. The van der Waals surface area contributed by atoms with E-state index in [1.807, 2.05) is 0 Å². The summed E-state index contributed by atoms with van der Waals surface area (Å²) in [6.45, 7) is 10.7. The first-order valence-electron chi connectivity index (χ1n) is 9.24. The number of rotatable bonds is 5. The van der Waals surface area contributed by atoms with Crippen molar-refractivity contribution in [3.8, 4) is 0 Å². The highest BCUT2D eigenvalue weighted by atomic mass is 16.5. The van der Waals surface area contributed by atoms with Crippen LogP contribution in [0.5, 0.6) is 0 Å². The summed E-state index contributed by atoms with van der Waals surface area (Å²) in [6, 6.07) is 0. The van der Waals surface area contributed by atoms with E-state index < -0.39 is 5.60 Å². The molecule has 6 heteroatoms. The third-order valence-electron chi connectivity index (χ3n) is 5.35. The first-order chi connectivity index (χ1) is 11.2. The molecule has 0 amide bonds. The molecule has 3 rings (SSSR count). The first-order valence-corrected chi connectivity index (χ1v) is 9.24.